The van der Waals surface area contributed by atoms with E-state index in [-0.39, 0.29) is 24.6 Å². The van der Waals surface area contributed by atoms with Crippen LogP contribution in [0.5, 0.6) is 0 Å². The molecule has 1 aromatic rings. The summed E-state index contributed by atoms with van der Waals surface area (Å²) < 4.78 is 10.8. The molecule has 0 aromatic heterocycles. The SMILES string of the molecule is CC(C)(C)OC(=O)N1CC2CC(N3CCC(NC(=O)OCc4ccccc4)C3=O)CC2C1. The summed E-state index contributed by atoms with van der Waals surface area (Å²) in [6, 6.07) is 9.09. The third-order valence-electron chi connectivity index (χ3n) is 6.56. The maximum atomic E-state index is 12.9. The third kappa shape index (κ3) is 5.16. The van der Waals surface area contributed by atoms with Crippen LogP contribution in [-0.4, -0.2) is 65.2 Å². The van der Waals surface area contributed by atoms with Crippen LogP contribution in [0.3, 0.4) is 0 Å². The van der Waals surface area contributed by atoms with Gasteiger partial charge in [-0.3, -0.25) is 4.79 Å². The van der Waals surface area contributed by atoms with Crippen molar-refractivity contribution in [3.63, 3.8) is 0 Å². The summed E-state index contributed by atoms with van der Waals surface area (Å²) in [5, 5.41) is 2.72. The van der Waals surface area contributed by atoms with E-state index < -0.39 is 17.7 Å². The zero-order valence-corrected chi connectivity index (χ0v) is 19.1. The quantitative estimate of drug-likeness (QED) is 0.772. The number of fused-ring (bicyclic) bond motifs is 1. The number of benzene rings is 1. The smallest absolute Gasteiger partial charge is 0.410 e. The van der Waals surface area contributed by atoms with Crippen LogP contribution >= 0.6 is 0 Å². The fourth-order valence-corrected chi connectivity index (χ4v) is 5.10. The summed E-state index contributed by atoms with van der Waals surface area (Å²) in [6.07, 6.45) is 1.56. The predicted molar refractivity (Wildman–Crippen MR) is 118 cm³/mol. The Hall–Kier alpha value is -2.77. The Labute approximate surface area is 189 Å². The molecule has 4 rings (SSSR count). The maximum absolute atomic E-state index is 12.9. The standard InChI is InChI=1S/C24H33N3O5/c1-24(2,3)32-23(30)26-13-17-11-19(12-18(17)14-26)27-10-9-20(21(27)28)25-22(29)31-15-16-7-5-4-6-8-16/h4-8,17-20H,9-15H2,1-3H3,(H,25,29). The van der Waals surface area contributed by atoms with Crippen LogP contribution in [0.15, 0.2) is 30.3 Å². The van der Waals surface area contributed by atoms with Gasteiger partial charge in [0.2, 0.25) is 5.91 Å². The second-order valence-electron chi connectivity index (χ2n) is 10.1. The molecule has 3 amide bonds. The summed E-state index contributed by atoms with van der Waals surface area (Å²) in [5.74, 6) is 0.752. The lowest BCUT2D eigenvalue weighted by molar-refractivity contribution is -0.131. The molecule has 1 aliphatic carbocycles. The van der Waals surface area contributed by atoms with Gasteiger partial charge in [0.1, 0.15) is 18.2 Å². The van der Waals surface area contributed by atoms with E-state index in [4.69, 9.17) is 9.47 Å². The third-order valence-corrected chi connectivity index (χ3v) is 6.56. The second-order valence-corrected chi connectivity index (χ2v) is 10.1. The van der Waals surface area contributed by atoms with Gasteiger partial charge in [0.15, 0.2) is 0 Å². The van der Waals surface area contributed by atoms with Crippen LogP contribution < -0.4 is 5.32 Å². The number of nitrogens with zero attached hydrogens (tertiary/aromatic N) is 2. The van der Waals surface area contributed by atoms with E-state index in [9.17, 15) is 14.4 Å². The highest BCUT2D eigenvalue weighted by Crippen LogP contribution is 2.41. The molecule has 32 heavy (non-hydrogen) atoms. The topological polar surface area (TPSA) is 88.2 Å². The van der Waals surface area contributed by atoms with Gasteiger partial charge in [-0.25, -0.2) is 9.59 Å². The first kappa shape index (κ1) is 22.4. The normalized spacial score (nSPS) is 27.4. The molecule has 1 saturated carbocycles. The summed E-state index contributed by atoms with van der Waals surface area (Å²) in [5.41, 5.74) is 0.406. The average Bonchev–Trinajstić information content (AvgIpc) is 3.40. The average molecular weight is 444 g/mol. The summed E-state index contributed by atoms with van der Waals surface area (Å²) in [6.45, 7) is 7.81. The molecule has 0 bridgehead atoms. The molecule has 0 radical (unpaired) electrons. The first-order valence-corrected chi connectivity index (χ1v) is 11.5. The monoisotopic (exact) mass is 443 g/mol. The Bertz CT molecular complexity index is 839. The lowest BCUT2D eigenvalue weighted by Gasteiger charge is -2.28. The van der Waals surface area contributed by atoms with Crippen molar-refractivity contribution in [3.8, 4) is 0 Å². The molecule has 3 fully saturated rings. The van der Waals surface area contributed by atoms with E-state index in [0.717, 1.165) is 18.4 Å². The van der Waals surface area contributed by atoms with Crippen molar-refractivity contribution in [1.82, 2.24) is 15.1 Å². The zero-order chi connectivity index (χ0) is 22.9. The Morgan fingerprint density at radius 1 is 1.09 bits per heavy atom. The van der Waals surface area contributed by atoms with Crippen LogP contribution in [-0.2, 0) is 20.9 Å². The van der Waals surface area contributed by atoms with E-state index in [2.05, 4.69) is 5.32 Å². The van der Waals surface area contributed by atoms with Gasteiger partial charge in [-0.1, -0.05) is 30.3 Å². The van der Waals surface area contributed by atoms with E-state index >= 15 is 0 Å². The fourth-order valence-electron chi connectivity index (χ4n) is 5.10. The highest BCUT2D eigenvalue weighted by atomic mass is 16.6. The summed E-state index contributed by atoms with van der Waals surface area (Å²) in [4.78, 5) is 41.1. The molecule has 2 aliphatic heterocycles. The van der Waals surface area contributed by atoms with Crippen LogP contribution in [0.4, 0.5) is 9.59 Å². The molecule has 1 aromatic carbocycles. The Morgan fingerprint density at radius 2 is 1.75 bits per heavy atom. The predicted octanol–water partition coefficient (Wildman–Crippen LogP) is 3.16. The lowest BCUT2D eigenvalue weighted by atomic mass is 10.0. The molecule has 3 unspecified atom stereocenters. The van der Waals surface area contributed by atoms with Crippen LogP contribution in [0.2, 0.25) is 0 Å². The number of nitrogens with one attached hydrogen (secondary N) is 1. The highest BCUT2D eigenvalue weighted by molar-refractivity contribution is 5.87. The van der Waals surface area contributed by atoms with E-state index in [1.54, 1.807) is 4.90 Å². The van der Waals surface area contributed by atoms with Crippen molar-refractivity contribution in [2.45, 2.75) is 64.3 Å². The van der Waals surface area contributed by atoms with Gasteiger partial charge in [-0.2, -0.15) is 0 Å². The van der Waals surface area contributed by atoms with Crippen molar-refractivity contribution in [2.24, 2.45) is 11.8 Å². The van der Waals surface area contributed by atoms with Crippen LogP contribution in [0, 0.1) is 11.8 Å². The van der Waals surface area contributed by atoms with Crippen molar-refractivity contribution >= 4 is 18.1 Å². The maximum Gasteiger partial charge on any atom is 0.410 e. The van der Waals surface area contributed by atoms with Gasteiger partial charge in [-0.15, -0.1) is 0 Å². The molecule has 3 atom stereocenters. The summed E-state index contributed by atoms with van der Waals surface area (Å²) in [7, 11) is 0. The van der Waals surface area contributed by atoms with Gasteiger partial charge >= 0.3 is 12.2 Å². The van der Waals surface area contributed by atoms with Gasteiger partial charge in [0.25, 0.3) is 0 Å². The van der Waals surface area contributed by atoms with E-state index in [1.807, 2.05) is 56.0 Å². The number of likely N-dealkylation sites (tertiary alicyclic amines) is 2. The van der Waals surface area contributed by atoms with Gasteiger partial charge in [-0.05, 0) is 57.4 Å². The van der Waals surface area contributed by atoms with Crippen molar-refractivity contribution in [2.75, 3.05) is 19.6 Å². The second kappa shape index (κ2) is 9.00. The molecule has 0 spiro atoms. The minimum absolute atomic E-state index is 0.0318. The first-order chi connectivity index (χ1) is 15.2. The minimum atomic E-state index is -0.564. The lowest BCUT2D eigenvalue weighted by Crippen LogP contribution is -2.44. The van der Waals surface area contributed by atoms with E-state index in [1.165, 1.54) is 0 Å². The molecule has 1 N–H and O–H groups in total. The number of rotatable bonds is 4. The number of carbonyl (C=O) groups excluding carboxylic acids is 3. The molecule has 2 saturated heterocycles. The number of alkyl carbamates (subject to hydrolysis) is 1. The summed E-state index contributed by atoms with van der Waals surface area (Å²) >= 11 is 0. The Kier molecular flexibility index (Phi) is 6.31. The van der Waals surface area contributed by atoms with Gasteiger partial charge in [0.05, 0.1) is 0 Å². The molecular formula is C24H33N3O5. The van der Waals surface area contributed by atoms with Crippen molar-refractivity contribution < 1.29 is 23.9 Å². The Morgan fingerprint density at radius 3 is 2.38 bits per heavy atom. The highest BCUT2D eigenvalue weighted by Gasteiger charge is 2.47. The molecule has 2 heterocycles. The van der Waals surface area contributed by atoms with Crippen molar-refractivity contribution in [3.05, 3.63) is 35.9 Å². The van der Waals surface area contributed by atoms with Gasteiger partial charge < -0.3 is 24.6 Å². The number of amides is 3. The van der Waals surface area contributed by atoms with Crippen LogP contribution in [0.25, 0.3) is 0 Å². The molecule has 8 nitrogen and oxygen atoms in total. The van der Waals surface area contributed by atoms with Crippen molar-refractivity contribution in [1.29, 1.82) is 0 Å². The minimum Gasteiger partial charge on any atom is -0.445 e. The number of ether oxygens (including phenoxy) is 2. The van der Waals surface area contributed by atoms with Gasteiger partial charge in [0, 0.05) is 25.7 Å². The number of carbonyl (C=O) groups is 3. The largest absolute Gasteiger partial charge is 0.445 e. The molecule has 174 valence electrons. The first-order valence-electron chi connectivity index (χ1n) is 11.5. The number of hydrogen-bond acceptors (Lipinski definition) is 5. The molecule has 8 heteroatoms. The fraction of sp³-hybridized carbons (Fsp3) is 0.625. The van der Waals surface area contributed by atoms with Crippen LogP contribution in [0.1, 0.15) is 45.6 Å². The molecule has 3 aliphatic rings. The molecular weight excluding hydrogens is 410 g/mol. The van der Waals surface area contributed by atoms with E-state index in [0.29, 0.717) is 37.9 Å². The Balaban J connectivity index is 1.23. The zero-order valence-electron chi connectivity index (χ0n) is 19.1. The number of hydrogen-bond donors (Lipinski definition) is 1.